The fraction of sp³-hybridized carbons (Fsp3) is 0.571. The van der Waals surface area contributed by atoms with Gasteiger partial charge in [-0.15, -0.1) is 0 Å². The van der Waals surface area contributed by atoms with Crippen LogP contribution in [0.5, 0.6) is 0 Å². The second kappa shape index (κ2) is 4.88. The summed E-state index contributed by atoms with van der Waals surface area (Å²) in [5.74, 6) is -0.121. The number of carbonyl (C=O) groups excluding carboxylic acids is 1. The number of pyridine rings is 1. The van der Waals surface area contributed by atoms with Gasteiger partial charge in [-0.05, 0) is 54.6 Å². The van der Waals surface area contributed by atoms with Gasteiger partial charge in [-0.2, -0.15) is 0 Å². The summed E-state index contributed by atoms with van der Waals surface area (Å²) < 4.78 is 2.06. The molecule has 0 bridgehead atoms. The highest BCUT2D eigenvalue weighted by atomic mass is 79.9. The first kappa shape index (κ1) is 14.1. The molecule has 2 heterocycles. The largest absolute Gasteiger partial charge is 0.314 e. The zero-order chi connectivity index (χ0) is 14.5. The first-order valence-electron chi connectivity index (χ1n) is 6.96. The molecule has 4 nitrogen and oxygen atoms in total. The summed E-state index contributed by atoms with van der Waals surface area (Å²) in [6.45, 7) is 2.54. The first-order valence-corrected chi connectivity index (χ1v) is 8.13. The predicted octanol–water partition coefficient (Wildman–Crippen LogP) is 3.36. The number of nitrogens with zero attached hydrogens (tertiary/aromatic N) is 2. The van der Waals surface area contributed by atoms with Gasteiger partial charge in [0.05, 0.1) is 9.50 Å². The first-order chi connectivity index (χ1) is 9.53. The highest BCUT2D eigenvalue weighted by Crippen LogP contribution is 2.44. The molecule has 6 heteroatoms. The Kier molecular flexibility index (Phi) is 3.45. The van der Waals surface area contributed by atoms with E-state index in [-0.39, 0.29) is 11.5 Å². The molecule has 3 rings (SSSR count). The van der Waals surface area contributed by atoms with Crippen LogP contribution in [-0.2, 0) is 5.66 Å². The molecule has 2 aliphatic rings. The van der Waals surface area contributed by atoms with E-state index in [4.69, 9.17) is 11.6 Å². The molecule has 1 aliphatic carbocycles. The number of hydrogen-bond acceptors (Lipinski definition) is 2. The van der Waals surface area contributed by atoms with E-state index < -0.39 is 5.66 Å². The summed E-state index contributed by atoms with van der Waals surface area (Å²) in [7, 11) is 0. The smallest absolute Gasteiger partial charge is 0.274 e. The number of hydrogen-bond donors (Lipinski definition) is 0. The van der Waals surface area contributed by atoms with Gasteiger partial charge >= 0.3 is 0 Å². The van der Waals surface area contributed by atoms with Crippen molar-refractivity contribution in [1.29, 1.82) is 0 Å². The lowest BCUT2D eigenvalue weighted by atomic mass is 9.88. The Morgan fingerprint density at radius 1 is 1.30 bits per heavy atom. The Morgan fingerprint density at radius 3 is 2.55 bits per heavy atom. The van der Waals surface area contributed by atoms with Gasteiger partial charge in [0.15, 0.2) is 0 Å². The number of fused-ring (bicyclic) bond motifs is 2. The molecule has 1 aromatic heterocycles. The van der Waals surface area contributed by atoms with Crippen molar-refractivity contribution in [3.05, 3.63) is 31.6 Å². The van der Waals surface area contributed by atoms with Crippen LogP contribution in [0.1, 0.15) is 49.5 Å². The van der Waals surface area contributed by atoms with E-state index in [2.05, 4.69) is 15.9 Å². The molecule has 1 saturated carbocycles. The molecule has 1 fully saturated rings. The molecule has 0 saturated heterocycles. The molecule has 1 aliphatic heterocycles. The molecule has 0 radical (unpaired) electrons. The number of rotatable bonds is 1. The predicted molar refractivity (Wildman–Crippen MR) is 81.2 cm³/mol. The van der Waals surface area contributed by atoms with Crippen LogP contribution in [0.4, 0.5) is 0 Å². The minimum atomic E-state index is -0.510. The van der Waals surface area contributed by atoms with Gasteiger partial charge in [-0.3, -0.25) is 14.2 Å². The maximum atomic E-state index is 12.7. The second-order valence-corrected chi connectivity index (χ2v) is 6.68. The lowest BCUT2D eigenvalue weighted by molar-refractivity contribution is 0.0157. The molecular weight excluding hydrogens is 344 g/mol. The summed E-state index contributed by atoms with van der Waals surface area (Å²) in [5, 5.41) is 0.349. The van der Waals surface area contributed by atoms with Gasteiger partial charge in [-0.25, -0.2) is 0 Å². The van der Waals surface area contributed by atoms with Crippen LogP contribution in [0.15, 0.2) is 15.3 Å². The van der Waals surface area contributed by atoms with Crippen LogP contribution in [0.25, 0.3) is 0 Å². The molecule has 1 spiro atoms. The third kappa shape index (κ3) is 1.72. The maximum absolute atomic E-state index is 12.7. The van der Waals surface area contributed by atoms with Gasteiger partial charge in [0.2, 0.25) is 0 Å². The fourth-order valence-electron chi connectivity index (χ4n) is 3.64. The van der Waals surface area contributed by atoms with Crippen LogP contribution in [0.3, 0.4) is 0 Å². The van der Waals surface area contributed by atoms with E-state index in [0.29, 0.717) is 21.7 Å². The molecular formula is C14H16BrClN2O2. The van der Waals surface area contributed by atoms with Crippen molar-refractivity contribution in [2.45, 2.75) is 44.7 Å². The van der Waals surface area contributed by atoms with Crippen LogP contribution < -0.4 is 5.56 Å². The van der Waals surface area contributed by atoms with Gasteiger partial charge in [0.25, 0.3) is 11.5 Å². The highest BCUT2D eigenvalue weighted by Gasteiger charge is 2.50. The summed E-state index contributed by atoms with van der Waals surface area (Å²) in [6, 6.07) is 1.53. The molecule has 0 atom stereocenters. The minimum Gasteiger partial charge on any atom is -0.314 e. The normalized spacial score (nSPS) is 20.6. The lowest BCUT2D eigenvalue weighted by Gasteiger charge is -2.42. The summed E-state index contributed by atoms with van der Waals surface area (Å²) >= 11 is 9.49. The van der Waals surface area contributed by atoms with E-state index in [1.165, 1.54) is 6.07 Å². The minimum absolute atomic E-state index is 0.121. The van der Waals surface area contributed by atoms with Gasteiger partial charge in [0.1, 0.15) is 11.4 Å². The second-order valence-electron chi connectivity index (χ2n) is 5.42. The third-order valence-electron chi connectivity index (χ3n) is 4.45. The topological polar surface area (TPSA) is 42.3 Å². The summed E-state index contributed by atoms with van der Waals surface area (Å²) in [5.41, 5.74) is -0.316. The van der Waals surface area contributed by atoms with Gasteiger partial charge < -0.3 is 4.90 Å². The lowest BCUT2D eigenvalue weighted by Crippen LogP contribution is -2.51. The van der Waals surface area contributed by atoms with Crippen LogP contribution in [0.2, 0.25) is 5.02 Å². The fourth-order valence-corrected chi connectivity index (χ4v) is 4.45. The van der Waals surface area contributed by atoms with Crippen molar-refractivity contribution < 1.29 is 4.79 Å². The van der Waals surface area contributed by atoms with Crippen molar-refractivity contribution in [2.24, 2.45) is 0 Å². The quantitative estimate of drug-likeness (QED) is 0.771. The monoisotopic (exact) mass is 358 g/mol. The standard InChI is InChI=1S/C14H16BrClN2O2/c1-2-17-13(20)11-10(16)8-9(15)12(19)18(11)14(17)6-4-3-5-7-14/h8H,2-7H2,1H3. The molecule has 0 unspecified atom stereocenters. The zero-order valence-corrected chi connectivity index (χ0v) is 13.6. The molecule has 20 heavy (non-hydrogen) atoms. The SMILES string of the molecule is CCN1C(=O)c2c(Cl)cc(Br)c(=O)n2C12CCCCC2. The van der Waals surface area contributed by atoms with E-state index in [9.17, 15) is 9.59 Å². The number of halogens is 2. The van der Waals surface area contributed by atoms with Crippen LogP contribution in [0, 0.1) is 0 Å². The zero-order valence-electron chi connectivity index (χ0n) is 11.3. The Hall–Kier alpha value is -0.810. The third-order valence-corrected chi connectivity index (χ3v) is 5.30. The van der Waals surface area contributed by atoms with Crippen molar-refractivity contribution in [1.82, 2.24) is 9.47 Å². The van der Waals surface area contributed by atoms with Gasteiger partial charge in [-0.1, -0.05) is 18.0 Å². The van der Waals surface area contributed by atoms with E-state index in [1.54, 1.807) is 4.57 Å². The molecule has 108 valence electrons. The Morgan fingerprint density at radius 2 is 1.95 bits per heavy atom. The van der Waals surface area contributed by atoms with Crippen LogP contribution >= 0.6 is 27.5 Å². The Labute approximate surface area is 130 Å². The molecule has 0 N–H and O–H groups in total. The Bertz CT molecular complexity index is 635. The highest BCUT2D eigenvalue weighted by molar-refractivity contribution is 9.10. The van der Waals surface area contributed by atoms with Crippen molar-refractivity contribution in [2.75, 3.05) is 6.54 Å². The van der Waals surface area contributed by atoms with Crippen molar-refractivity contribution >= 4 is 33.4 Å². The van der Waals surface area contributed by atoms with E-state index >= 15 is 0 Å². The van der Waals surface area contributed by atoms with E-state index in [0.717, 1.165) is 32.1 Å². The van der Waals surface area contributed by atoms with Gasteiger partial charge in [0, 0.05) is 6.54 Å². The summed E-state index contributed by atoms with van der Waals surface area (Å²) in [4.78, 5) is 27.0. The number of amides is 1. The Balaban J connectivity index is 2.33. The van der Waals surface area contributed by atoms with Crippen LogP contribution in [-0.4, -0.2) is 21.9 Å². The molecule has 1 amide bonds. The molecule has 0 aromatic carbocycles. The average molecular weight is 360 g/mol. The average Bonchev–Trinajstić information content (AvgIpc) is 2.66. The maximum Gasteiger partial charge on any atom is 0.274 e. The number of aromatic nitrogens is 1. The van der Waals surface area contributed by atoms with Crippen molar-refractivity contribution in [3.8, 4) is 0 Å². The van der Waals surface area contributed by atoms with E-state index in [1.807, 2.05) is 11.8 Å². The molecule has 1 aromatic rings. The summed E-state index contributed by atoms with van der Waals surface area (Å²) in [6.07, 6.45) is 4.86. The number of carbonyl (C=O) groups is 1. The van der Waals surface area contributed by atoms with Crippen molar-refractivity contribution in [3.63, 3.8) is 0 Å².